The zero-order chi connectivity index (χ0) is 18.9. The molecule has 0 radical (unpaired) electrons. The normalized spacial score (nSPS) is 12.0. The van der Waals surface area contributed by atoms with E-state index in [1.807, 2.05) is 69.3 Å². The molecule has 2 rings (SSSR count). The predicted octanol–water partition coefficient (Wildman–Crippen LogP) is 5.10. The maximum atomic E-state index is 11.8. The number of rotatable bonds is 7. The summed E-state index contributed by atoms with van der Waals surface area (Å²) in [5.41, 5.74) is 3.88. The van der Waals surface area contributed by atoms with E-state index in [1.165, 1.54) is 18.9 Å². The lowest BCUT2D eigenvalue weighted by molar-refractivity contribution is -0.135. The zero-order valence-electron chi connectivity index (χ0n) is 15.5. The van der Waals surface area contributed by atoms with Crippen LogP contribution in [-0.4, -0.2) is 18.8 Å². The summed E-state index contributed by atoms with van der Waals surface area (Å²) in [4.78, 5) is 18.8. The molecule has 0 aromatic heterocycles. The van der Waals surface area contributed by atoms with Crippen molar-refractivity contribution in [1.82, 2.24) is 0 Å². The smallest absolute Gasteiger partial charge is 0.344 e. The van der Waals surface area contributed by atoms with Crippen LogP contribution in [-0.2, 0) is 21.0 Å². The summed E-state index contributed by atoms with van der Waals surface area (Å²) in [5, 5.41) is 4.21. The summed E-state index contributed by atoms with van der Waals surface area (Å²) in [6, 6.07) is 15.9. The summed E-state index contributed by atoms with van der Waals surface area (Å²) in [6.07, 6.45) is 1.76. The van der Waals surface area contributed by atoms with Crippen LogP contribution in [0.1, 0.15) is 30.5 Å². The minimum atomic E-state index is -0.334. The van der Waals surface area contributed by atoms with Gasteiger partial charge in [-0.25, -0.2) is 4.79 Å². The first-order valence-corrected chi connectivity index (χ1v) is 9.10. The molecule has 26 heavy (non-hydrogen) atoms. The molecule has 2 aromatic rings. The highest BCUT2D eigenvalue weighted by Crippen LogP contribution is 2.31. The molecule has 2 aromatic carbocycles. The van der Waals surface area contributed by atoms with Crippen LogP contribution < -0.4 is 0 Å². The van der Waals surface area contributed by atoms with Gasteiger partial charge in [-0.1, -0.05) is 65.5 Å². The van der Waals surface area contributed by atoms with Gasteiger partial charge in [-0.2, -0.15) is 0 Å². The molecule has 0 bridgehead atoms. The Morgan fingerprint density at radius 2 is 1.92 bits per heavy atom. The fraction of sp³-hybridized carbons (Fsp3) is 0.238. The molecule has 0 aliphatic heterocycles. The predicted molar refractivity (Wildman–Crippen MR) is 106 cm³/mol. The number of methoxy groups -OCH3 is 1. The molecule has 0 fully saturated rings. The van der Waals surface area contributed by atoms with Crippen molar-refractivity contribution in [1.29, 1.82) is 0 Å². The molecule has 0 unspecified atom stereocenters. The molecule has 4 nitrogen and oxygen atoms in total. The maximum Gasteiger partial charge on any atom is 0.344 e. The molecule has 0 atom stereocenters. The SMILES string of the molecule is CC=C(Sc1cc(C(C)=NOCc2ccccc2)ccc1C)C(=O)OC. The van der Waals surface area contributed by atoms with Gasteiger partial charge in [-0.05, 0) is 38.0 Å². The van der Waals surface area contributed by atoms with Gasteiger partial charge >= 0.3 is 5.97 Å². The Bertz CT molecular complexity index is 813. The van der Waals surface area contributed by atoms with Crippen molar-refractivity contribution >= 4 is 23.4 Å². The van der Waals surface area contributed by atoms with E-state index in [-0.39, 0.29) is 5.97 Å². The molecule has 5 heteroatoms. The van der Waals surface area contributed by atoms with Gasteiger partial charge in [-0.3, -0.25) is 0 Å². The lowest BCUT2D eigenvalue weighted by Gasteiger charge is -2.10. The fourth-order valence-electron chi connectivity index (χ4n) is 2.20. The standard InChI is InChI=1S/C21H23NO3S/c1-5-19(21(23)24-4)26-20-13-18(12-11-15(20)2)16(3)22-25-14-17-9-7-6-8-10-17/h5-13H,14H2,1-4H3. The molecular weight excluding hydrogens is 346 g/mol. The van der Waals surface area contributed by atoms with E-state index < -0.39 is 0 Å². The monoisotopic (exact) mass is 369 g/mol. The van der Waals surface area contributed by atoms with Gasteiger partial charge in [0.2, 0.25) is 0 Å². The summed E-state index contributed by atoms with van der Waals surface area (Å²) in [6.45, 7) is 6.16. The van der Waals surface area contributed by atoms with E-state index in [0.29, 0.717) is 11.5 Å². The Balaban J connectivity index is 2.12. The molecule has 0 saturated heterocycles. The number of hydrogen-bond acceptors (Lipinski definition) is 5. The third-order valence-electron chi connectivity index (χ3n) is 3.75. The van der Waals surface area contributed by atoms with Crippen molar-refractivity contribution in [2.75, 3.05) is 7.11 Å². The highest BCUT2D eigenvalue weighted by atomic mass is 32.2. The Morgan fingerprint density at radius 3 is 2.58 bits per heavy atom. The van der Waals surface area contributed by atoms with E-state index in [2.05, 4.69) is 5.16 Å². The first kappa shape index (κ1) is 19.8. The second kappa shape index (κ2) is 9.82. The Hall–Kier alpha value is -2.53. The summed E-state index contributed by atoms with van der Waals surface area (Å²) < 4.78 is 4.82. The minimum absolute atomic E-state index is 0.334. The van der Waals surface area contributed by atoms with Crippen molar-refractivity contribution in [2.45, 2.75) is 32.3 Å². The minimum Gasteiger partial charge on any atom is -0.465 e. The second-order valence-electron chi connectivity index (χ2n) is 5.66. The van der Waals surface area contributed by atoms with Crippen LogP contribution in [0.3, 0.4) is 0 Å². The number of thioether (sulfide) groups is 1. The van der Waals surface area contributed by atoms with Crippen LogP contribution in [0.4, 0.5) is 0 Å². The number of aryl methyl sites for hydroxylation is 1. The average molecular weight is 369 g/mol. The number of carbonyl (C=O) groups excluding carboxylic acids is 1. The topological polar surface area (TPSA) is 47.9 Å². The van der Waals surface area contributed by atoms with E-state index >= 15 is 0 Å². The van der Waals surface area contributed by atoms with Crippen molar-refractivity contribution < 1.29 is 14.4 Å². The zero-order valence-corrected chi connectivity index (χ0v) is 16.3. The van der Waals surface area contributed by atoms with Crippen LogP contribution >= 0.6 is 11.8 Å². The van der Waals surface area contributed by atoms with Crippen LogP contribution in [0.25, 0.3) is 0 Å². The number of esters is 1. The van der Waals surface area contributed by atoms with Crippen molar-refractivity contribution in [2.24, 2.45) is 5.16 Å². The van der Waals surface area contributed by atoms with Crippen LogP contribution in [0.15, 0.2) is 69.6 Å². The molecular formula is C21H23NO3S. The summed E-state index contributed by atoms with van der Waals surface area (Å²) >= 11 is 1.39. The quantitative estimate of drug-likeness (QED) is 0.224. The van der Waals surface area contributed by atoms with Crippen molar-refractivity contribution in [3.05, 3.63) is 76.2 Å². The van der Waals surface area contributed by atoms with E-state index in [9.17, 15) is 4.79 Å². The highest BCUT2D eigenvalue weighted by molar-refractivity contribution is 8.04. The number of nitrogens with zero attached hydrogens (tertiary/aromatic N) is 1. The first-order chi connectivity index (χ1) is 12.5. The molecule has 0 heterocycles. The van der Waals surface area contributed by atoms with Gasteiger partial charge in [0.05, 0.1) is 17.7 Å². The maximum absolute atomic E-state index is 11.8. The molecule has 136 valence electrons. The molecule has 0 spiro atoms. The number of carbonyl (C=O) groups is 1. The van der Waals surface area contributed by atoms with Crippen LogP contribution in [0.2, 0.25) is 0 Å². The van der Waals surface area contributed by atoms with Gasteiger partial charge in [-0.15, -0.1) is 0 Å². The largest absolute Gasteiger partial charge is 0.465 e. The van der Waals surface area contributed by atoms with Gasteiger partial charge in [0.1, 0.15) is 6.61 Å². The molecule has 0 aliphatic carbocycles. The van der Waals surface area contributed by atoms with Crippen molar-refractivity contribution in [3.63, 3.8) is 0 Å². The lowest BCUT2D eigenvalue weighted by Crippen LogP contribution is -2.02. The number of hydrogen-bond donors (Lipinski definition) is 0. The molecule has 0 N–H and O–H groups in total. The number of benzene rings is 2. The Kier molecular flexibility index (Phi) is 7.48. The fourth-order valence-corrected chi connectivity index (χ4v) is 3.14. The molecule has 0 amide bonds. The summed E-state index contributed by atoms with van der Waals surface area (Å²) in [7, 11) is 1.39. The lowest BCUT2D eigenvalue weighted by atomic mass is 10.1. The Morgan fingerprint density at radius 1 is 1.19 bits per heavy atom. The van der Waals surface area contributed by atoms with Crippen molar-refractivity contribution in [3.8, 4) is 0 Å². The number of oxime groups is 1. The van der Waals surface area contributed by atoms with Crippen LogP contribution in [0, 0.1) is 6.92 Å². The van der Waals surface area contributed by atoms with Gasteiger partial charge < -0.3 is 9.57 Å². The average Bonchev–Trinajstić information content (AvgIpc) is 2.67. The van der Waals surface area contributed by atoms with E-state index in [0.717, 1.165) is 27.3 Å². The highest BCUT2D eigenvalue weighted by Gasteiger charge is 2.13. The third-order valence-corrected chi connectivity index (χ3v) is 5.03. The second-order valence-corrected chi connectivity index (χ2v) is 6.75. The van der Waals surface area contributed by atoms with E-state index in [1.54, 1.807) is 6.08 Å². The third kappa shape index (κ3) is 5.49. The van der Waals surface area contributed by atoms with Gasteiger partial charge in [0.15, 0.2) is 0 Å². The number of ether oxygens (including phenoxy) is 1. The number of allylic oxidation sites excluding steroid dienone is 1. The van der Waals surface area contributed by atoms with Crippen LogP contribution in [0.5, 0.6) is 0 Å². The Labute approximate surface area is 158 Å². The summed E-state index contributed by atoms with van der Waals surface area (Å²) in [5.74, 6) is -0.334. The molecule has 0 aliphatic rings. The van der Waals surface area contributed by atoms with Gasteiger partial charge in [0, 0.05) is 10.5 Å². The molecule has 0 saturated carbocycles. The van der Waals surface area contributed by atoms with E-state index in [4.69, 9.17) is 9.57 Å². The van der Waals surface area contributed by atoms with Gasteiger partial charge in [0.25, 0.3) is 0 Å². The first-order valence-electron chi connectivity index (χ1n) is 8.29.